The molecule has 0 saturated carbocycles. The van der Waals surface area contributed by atoms with Gasteiger partial charge in [-0.3, -0.25) is 0 Å². The zero-order valence-corrected chi connectivity index (χ0v) is 19.6. The Morgan fingerprint density at radius 1 is 1.04 bits per heavy atom. The second-order valence-electron chi connectivity index (χ2n) is 8.80. The first kappa shape index (κ1) is 24.3. The minimum absolute atomic E-state index is 0.131. The molecule has 28 heavy (non-hydrogen) atoms. The summed E-state index contributed by atoms with van der Waals surface area (Å²) in [6.45, 7) is 13.8. The molecule has 0 bridgehead atoms. The van der Waals surface area contributed by atoms with Crippen molar-refractivity contribution in [2.45, 2.75) is 78.7 Å². The van der Waals surface area contributed by atoms with Crippen molar-refractivity contribution in [3.05, 3.63) is 34.3 Å². The van der Waals surface area contributed by atoms with Gasteiger partial charge in [0.15, 0.2) is 0 Å². The summed E-state index contributed by atoms with van der Waals surface area (Å²) in [6.07, 6.45) is -0.258. The van der Waals surface area contributed by atoms with Gasteiger partial charge in [0.2, 0.25) is 0 Å². The molecule has 2 amide bonds. The normalized spacial score (nSPS) is 12.9. The summed E-state index contributed by atoms with van der Waals surface area (Å²) >= 11 is 3.42. The summed E-state index contributed by atoms with van der Waals surface area (Å²) in [5.41, 5.74) is -0.121. The Hall–Kier alpha value is -1.76. The number of alkyl carbamates (subject to hydrolysis) is 1. The molecule has 0 unspecified atom stereocenters. The summed E-state index contributed by atoms with van der Waals surface area (Å²) in [5, 5.41) is 2.74. The van der Waals surface area contributed by atoms with E-state index < -0.39 is 17.3 Å². The molecule has 0 fully saturated rings. The van der Waals surface area contributed by atoms with Gasteiger partial charge in [0.05, 0.1) is 0 Å². The number of carbonyl (C=O) groups is 2. The van der Waals surface area contributed by atoms with Crippen molar-refractivity contribution in [1.82, 2.24) is 10.2 Å². The van der Waals surface area contributed by atoms with Gasteiger partial charge in [-0.25, -0.2) is 9.59 Å². The van der Waals surface area contributed by atoms with Crippen molar-refractivity contribution in [1.29, 1.82) is 0 Å². The van der Waals surface area contributed by atoms with Crippen LogP contribution in [-0.2, 0) is 16.0 Å². The molecule has 0 heterocycles. The molecule has 1 rings (SSSR count). The summed E-state index contributed by atoms with van der Waals surface area (Å²) in [5.74, 6) is 0. The van der Waals surface area contributed by atoms with Gasteiger partial charge in [-0.2, -0.15) is 0 Å². The molecule has 158 valence electrons. The van der Waals surface area contributed by atoms with Gasteiger partial charge in [-0.05, 0) is 72.6 Å². The molecule has 1 N–H and O–H groups in total. The van der Waals surface area contributed by atoms with E-state index in [-0.39, 0.29) is 12.1 Å². The third-order valence-electron chi connectivity index (χ3n) is 3.66. The van der Waals surface area contributed by atoms with E-state index in [1.807, 2.05) is 72.7 Å². The Labute approximate surface area is 177 Å². The number of hydrogen-bond donors (Lipinski definition) is 1. The van der Waals surface area contributed by atoms with Gasteiger partial charge in [0.25, 0.3) is 0 Å². The lowest BCUT2D eigenvalue weighted by Crippen LogP contribution is -2.43. The van der Waals surface area contributed by atoms with Gasteiger partial charge < -0.3 is 19.7 Å². The van der Waals surface area contributed by atoms with Crippen LogP contribution in [0.25, 0.3) is 0 Å². The maximum Gasteiger partial charge on any atom is 0.410 e. The van der Waals surface area contributed by atoms with Crippen LogP contribution in [0.2, 0.25) is 0 Å². The van der Waals surface area contributed by atoms with Crippen molar-refractivity contribution in [3.63, 3.8) is 0 Å². The maximum absolute atomic E-state index is 12.7. The summed E-state index contributed by atoms with van der Waals surface area (Å²) in [4.78, 5) is 26.2. The highest BCUT2D eigenvalue weighted by atomic mass is 79.9. The van der Waals surface area contributed by atoms with Gasteiger partial charge in [-0.1, -0.05) is 28.1 Å². The number of amides is 2. The minimum Gasteiger partial charge on any atom is -0.444 e. The first-order chi connectivity index (χ1) is 12.8. The van der Waals surface area contributed by atoms with Gasteiger partial charge >= 0.3 is 12.2 Å². The van der Waals surface area contributed by atoms with Crippen LogP contribution < -0.4 is 5.32 Å². The molecule has 1 aromatic rings. The molecule has 0 saturated heterocycles. The molecule has 0 aromatic heterocycles. The zero-order valence-electron chi connectivity index (χ0n) is 18.0. The average molecular weight is 457 g/mol. The molecule has 0 spiro atoms. The molecule has 1 atom stereocenters. The fraction of sp³-hybridized carbons (Fsp3) is 0.619. The quantitative estimate of drug-likeness (QED) is 0.614. The molecule has 7 heteroatoms. The molecule has 1 aromatic carbocycles. The van der Waals surface area contributed by atoms with Crippen molar-refractivity contribution < 1.29 is 19.1 Å². The fourth-order valence-corrected chi connectivity index (χ4v) is 2.62. The highest BCUT2D eigenvalue weighted by molar-refractivity contribution is 9.10. The Bertz CT molecular complexity index is 648. The van der Waals surface area contributed by atoms with E-state index in [0.717, 1.165) is 10.0 Å². The Balaban J connectivity index is 2.75. The van der Waals surface area contributed by atoms with E-state index >= 15 is 0 Å². The van der Waals surface area contributed by atoms with Crippen molar-refractivity contribution in [2.24, 2.45) is 0 Å². The summed E-state index contributed by atoms with van der Waals surface area (Å²) < 4.78 is 11.8. The highest BCUT2D eigenvalue weighted by Gasteiger charge is 2.26. The van der Waals surface area contributed by atoms with Crippen LogP contribution in [0.4, 0.5) is 9.59 Å². The Morgan fingerprint density at radius 3 is 2.07 bits per heavy atom. The first-order valence-corrected chi connectivity index (χ1v) is 10.3. The summed E-state index contributed by atoms with van der Waals surface area (Å²) in [7, 11) is 0. The zero-order chi connectivity index (χ0) is 21.5. The van der Waals surface area contributed by atoms with Crippen molar-refractivity contribution >= 4 is 28.1 Å². The van der Waals surface area contributed by atoms with Gasteiger partial charge in [0, 0.05) is 23.6 Å². The van der Waals surface area contributed by atoms with Crippen molar-refractivity contribution in [3.8, 4) is 0 Å². The van der Waals surface area contributed by atoms with E-state index in [2.05, 4.69) is 21.2 Å². The van der Waals surface area contributed by atoms with E-state index in [1.54, 1.807) is 4.90 Å². The number of rotatable bonds is 6. The van der Waals surface area contributed by atoms with Crippen LogP contribution in [0.5, 0.6) is 0 Å². The molecule has 0 aliphatic carbocycles. The first-order valence-electron chi connectivity index (χ1n) is 9.48. The van der Waals surface area contributed by atoms with Crippen LogP contribution in [0, 0.1) is 0 Å². The van der Waals surface area contributed by atoms with E-state index in [1.165, 1.54) is 0 Å². The number of carbonyl (C=O) groups excluding carboxylic acids is 2. The highest BCUT2D eigenvalue weighted by Crippen LogP contribution is 2.18. The number of nitrogens with zero attached hydrogens (tertiary/aromatic N) is 1. The minimum atomic E-state index is -0.580. The van der Waals surface area contributed by atoms with Crippen LogP contribution in [-0.4, -0.2) is 40.9 Å². The van der Waals surface area contributed by atoms with E-state index in [9.17, 15) is 9.59 Å². The number of hydrogen-bond acceptors (Lipinski definition) is 4. The van der Waals surface area contributed by atoms with Gasteiger partial charge in [-0.15, -0.1) is 0 Å². The molecule has 0 aliphatic rings. The largest absolute Gasteiger partial charge is 0.444 e. The lowest BCUT2D eigenvalue weighted by Gasteiger charge is -2.32. The fourth-order valence-electron chi connectivity index (χ4n) is 2.36. The second-order valence-corrected chi connectivity index (χ2v) is 9.72. The standard InChI is InChI=1S/C21H33BrN2O4/c1-15(12-13-23-18(25)27-20(2,3)4)24(19(26)28-21(5,6)7)14-16-8-10-17(22)11-9-16/h8-11,15H,12-14H2,1-7H3,(H,23,25)/t15-/m0/s1. The maximum atomic E-state index is 12.7. The van der Waals surface area contributed by atoms with E-state index in [0.29, 0.717) is 19.5 Å². The van der Waals surface area contributed by atoms with E-state index in [4.69, 9.17) is 9.47 Å². The van der Waals surface area contributed by atoms with Crippen LogP contribution in [0.3, 0.4) is 0 Å². The van der Waals surface area contributed by atoms with Gasteiger partial charge in [0.1, 0.15) is 11.2 Å². The average Bonchev–Trinajstić information content (AvgIpc) is 2.50. The third kappa shape index (κ3) is 9.97. The second kappa shape index (κ2) is 10.1. The Morgan fingerprint density at radius 2 is 1.57 bits per heavy atom. The predicted octanol–water partition coefficient (Wildman–Crippen LogP) is 5.49. The predicted molar refractivity (Wildman–Crippen MR) is 114 cm³/mol. The van der Waals surface area contributed by atoms with Crippen molar-refractivity contribution in [2.75, 3.05) is 6.54 Å². The molecular formula is C21H33BrN2O4. The number of nitrogens with one attached hydrogen (secondary N) is 1. The topological polar surface area (TPSA) is 67.9 Å². The smallest absolute Gasteiger partial charge is 0.410 e. The monoisotopic (exact) mass is 456 g/mol. The lowest BCUT2D eigenvalue weighted by molar-refractivity contribution is 0.0148. The number of ether oxygens (including phenoxy) is 2. The molecule has 6 nitrogen and oxygen atoms in total. The third-order valence-corrected chi connectivity index (χ3v) is 4.19. The van der Waals surface area contributed by atoms with Crippen LogP contribution in [0.1, 0.15) is 60.5 Å². The molecule has 0 aliphatic heterocycles. The lowest BCUT2D eigenvalue weighted by atomic mass is 10.1. The summed E-state index contributed by atoms with van der Waals surface area (Å²) in [6, 6.07) is 7.68. The van der Waals surface area contributed by atoms with Crippen LogP contribution in [0.15, 0.2) is 28.7 Å². The number of benzene rings is 1. The molecule has 0 radical (unpaired) electrons. The SMILES string of the molecule is C[C@@H](CCNC(=O)OC(C)(C)C)N(Cc1ccc(Br)cc1)C(=O)OC(C)(C)C. The Kier molecular flexibility index (Phi) is 8.79. The number of halogens is 1. The van der Waals surface area contributed by atoms with Crippen LogP contribution >= 0.6 is 15.9 Å². The molecular weight excluding hydrogens is 424 g/mol.